The molecule has 1 aromatic heterocycles. The summed E-state index contributed by atoms with van der Waals surface area (Å²) in [5, 5.41) is 9.11. The first kappa shape index (κ1) is 11.5. The maximum absolute atomic E-state index is 9.11. The van der Waals surface area contributed by atoms with Crippen molar-refractivity contribution in [2.75, 3.05) is 19.7 Å². The molecule has 4 nitrogen and oxygen atoms in total. The highest BCUT2D eigenvalue weighted by Gasteiger charge is 2.33. The number of hydrogen-bond donors (Lipinski definition) is 2. The van der Waals surface area contributed by atoms with E-state index in [1.54, 1.807) is 12.4 Å². The number of aromatic nitrogens is 1. The van der Waals surface area contributed by atoms with Gasteiger partial charge >= 0.3 is 0 Å². The van der Waals surface area contributed by atoms with E-state index in [4.69, 9.17) is 10.8 Å². The Balaban J connectivity index is 2.13. The molecule has 1 unspecified atom stereocenters. The van der Waals surface area contributed by atoms with Crippen LogP contribution in [0.25, 0.3) is 0 Å². The average molecular weight is 221 g/mol. The molecular weight excluding hydrogens is 202 g/mol. The van der Waals surface area contributed by atoms with Gasteiger partial charge in [-0.15, -0.1) is 0 Å². The molecule has 0 spiro atoms. The summed E-state index contributed by atoms with van der Waals surface area (Å²) in [6, 6.07) is 4.82. The van der Waals surface area contributed by atoms with Gasteiger partial charge in [0.15, 0.2) is 0 Å². The van der Waals surface area contributed by atoms with Crippen LogP contribution in [0.3, 0.4) is 0 Å². The Labute approximate surface area is 96.1 Å². The zero-order valence-electron chi connectivity index (χ0n) is 9.42. The number of aliphatic hydroxyl groups is 1. The molecule has 16 heavy (non-hydrogen) atoms. The number of nitrogens with two attached hydrogens (primary N) is 1. The van der Waals surface area contributed by atoms with Gasteiger partial charge in [-0.2, -0.15) is 0 Å². The average Bonchev–Trinajstić information content (AvgIpc) is 3.14. The third kappa shape index (κ3) is 2.58. The summed E-state index contributed by atoms with van der Waals surface area (Å²) in [7, 11) is 0. The molecule has 4 heteroatoms. The Morgan fingerprint density at radius 1 is 1.44 bits per heavy atom. The Hall–Kier alpha value is -0.970. The Morgan fingerprint density at radius 3 is 2.62 bits per heavy atom. The molecule has 0 bridgehead atoms. The van der Waals surface area contributed by atoms with Crippen LogP contribution in [0.4, 0.5) is 0 Å². The van der Waals surface area contributed by atoms with Gasteiger partial charge in [-0.25, -0.2) is 0 Å². The minimum Gasteiger partial charge on any atom is -0.395 e. The lowest BCUT2D eigenvalue weighted by Gasteiger charge is -2.30. The molecule has 1 fully saturated rings. The first-order valence-corrected chi connectivity index (χ1v) is 5.83. The summed E-state index contributed by atoms with van der Waals surface area (Å²) in [6.45, 7) is 1.48. The lowest BCUT2D eigenvalue weighted by Crippen LogP contribution is -2.37. The SMILES string of the molecule is NCC(c1ccncc1)N(CCO)C1CC1. The summed E-state index contributed by atoms with van der Waals surface area (Å²) in [6.07, 6.45) is 6.03. The monoisotopic (exact) mass is 221 g/mol. The van der Waals surface area contributed by atoms with Crippen molar-refractivity contribution in [3.8, 4) is 0 Å². The summed E-state index contributed by atoms with van der Waals surface area (Å²) in [5.41, 5.74) is 7.05. The highest BCUT2D eigenvalue weighted by Crippen LogP contribution is 2.33. The summed E-state index contributed by atoms with van der Waals surface area (Å²) >= 11 is 0. The van der Waals surface area contributed by atoms with E-state index in [9.17, 15) is 0 Å². The van der Waals surface area contributed by atoms with Crippen LogP contribution in [-0.2, 0) is 0 Å². The topological polar surface area (TPSA) is 62.4 Å². The summed E-state index contributed by atoms with van der Waals surface area (Å²) in [5.74, 6) is 0. The van der Waals surface area contributed by atoms with Crippen molar-refractivity contribution in [3.63, 3.8) is 0 Å². The summed E-state index contributed by atoms with van der Waals surface area (Å²) in [4.78, 5) is 6.33. The minimum atomic E-state index is 0.193. The van der Waals surface area contributed by atoms with E-state index in [2.05, 4.69) is 9.88 Å². The highest BCUT2D eigenvalue weighted by molar-refractivity contribution is 5.16. The number of nitrogens with zero attached hydrogens (tertiary/aromatic N) is 2. The molecular formula is C12H19N3O. The maximum Gasteiger partial charge on any atom is 0.0558 e. The van der Waals surface area contributed by atoms with Crippen LogP contribution in [0.2, 0.25) is 0 Å². The third-order valence-electron chi connectivity index (χ3n) is 3.09. The molecule has 0 aromatic carbocycles. The Morgan fingerprint density at radius 2 is 2.12 bits per heavy atom. The fraction of sp³-hybridized carbons (Fsp3) is 0.583. The first-order chi connectivity index (χ1) is 7.86. The molecule has 0 radical (unpaired) electrons. The molecule has 88 valence electrons. The molecule has 3 N–H and O–H groups in total. The van der Waals surface area contributed by atoms with Crippen molar-refractivity contribution in [1.82, 2.24) is 9.88 Å². The second-order valence-corrected chi connectivity index (χ2v) is 4.22. The molecule has 1 saturated carbocycles. The normalized spacial score (nSPS) is 17.7. The Kier molecular flexibility index (Phi) is 3.88. The van der Waals surface area contributed by atoms with Gasteiger partial charge in [0.25, 0.3) is 0 Å². The van der Waals surface area contributed by atoms with Crippen molar-refractivity contribution >= 4 is 0 Å². The standard InChI is InChI=1S/C12H19N3O/c13-9-12(10-3-5-14-6-4-10)15(7-8-16)11-1-2-11/h3-6,11-12,16H,1-2,7-9,13H2. The van der Waals surface area contributed by atoms with Crippen molar-refractivity contribution in [2.45, 2.75) is 24.9 Å². The van der Waals surface area contributed by atoms with E-state index >= 15 is 0 Å². The van der Waals surface area contributed by atoms with Crippen molar-refractivity contribution in [1.29, 1.82) is 0 Å². The number of hydrogen-bond acceptors (Lipinski definition) is 4. The number of rotatable bonds is 6. The van der Waals surface area contributed by atoms with Crippen LogP contribution >= 0.6 is 0 Å². The van der Waals surface area contributed by atoms with Crippen LogP contribution in [0.15, 0.2) is 24.5 Å². The lowest BCUT2D eigenvalue weighted by atomic mass is 10.1. The van der Waals surface area contributed by atoms with Crippen LogP contribution in [0.1, 0.15) is 24.4 Å². The van der Waals surface area contributed by atoms with Crippen molar-refractivity contribution in [3.05, 3.63) is 30.1 Å². The smallest absolute Gasteiger partial charge is 0.0558 e. The van der Waals surface area contributed by atoms with Gasteiger partial charge in [-0.05, 0) is 30.5 Å². The predicted molar refractivity (Wildman–Crippen MR) is 62.8 cm³/mol. The van der Waals surface area contributed by atoms with Crippen LogP contribution < -0.4 is 5.73 Å². The van der Waals surface area contributed by atoms with Crippen molar-refractivity contribution in [2.24, 2.45) is 5.73 Å². The molecule has 1 aliphatic rings. The van der Waals surface area contributed by atoms with E-state index in [0.29, 0.717) is 19.1 Å². The molecule has 1 heterocycles. The van der Waals surface area contributed by atoms with Crippen LogP contribution in [-0.4, -0.2) is 40.7 Å². The molecule has 1 aromatic rings. The molecule has 1 aliphatic carbocycles. The highest BCUT2D eigenvalue weighted by atomic mass is 16.3. The van der Waals surface area contributed by atoms with Crippen LogP contribution in [0, 0.1) is 0 Å². The number of aliphatic hydroxyl groups excluding tert-OH is 1. The van der Waals surface area contributed by atoms with Crippen LogP contribution in [0.5, 0.6) is 0 Å². The fourth-order valence-electron chi connectivity index (χ4n) is 2.16. The molecule has 0 amide bonds. The zero-order valence-corrected chi connectivity index (χ0v) is 9.42. The van der Waals surface area contributed by atoms with Gasteiger partial charge in [-0.1, -0.05) is 0 Å². The minimum absolute atomic E-state index is 0.193. The van der Waals surface area contributed by atoms with Gasteiger partial charge in [0.2, 0.25) is 0 Å². The molecule has 0 saturated heterocycles. The number of pyridine rings is 1. The van der Waals surface area contributed by atoms with Gasteiger partial charge < -0.3 is 10.8 Å². The molecule has 2 rings (SSSR count). The van der Waals surface area contributed by atoms with E-state index in [1.807, 2.05) is 12.1 Å². The summed E-state index contributed by atoms with van der Waals surface area (Å²) < 4.78 is 0. The van der Waals surface area contributed by atoms with Crippen molar-refractivity contribution < 1.29 is 5.11 Å². The van der Waals surface area contributed by atoms with Gasteiger partial charge in [0.1, 0.15) is 0 Å². The maximum atomic E-state index is 9.11. The van der Waals surface area contributed by atoms with E-state index in [-0.39, 0.29) is 12.6 Å². The van der Waals surface area contributed by atoms with Gasteiger partial charge in [0.05, 0.1) is 6.61 Å². The predicted octanol–water partition coefficient (Wildman–Crippen LogP) is 0.538. The lowest BCUT2D eigenvalue weighted by molar-refractivity contribution is 0.145. The first-order valence-electron chi connectivity index (χ1n) is 5.83. The fourth-order valence-corrected chi connectivity index (χ4v) is 2.16. The van der Waals surface area contributed by atoms with E-state index < -0.39 is 0 Å². The third-order valence-corrected chi connectivity index (χ3v) is 3.09. The van der Waals surface area contributed by atoms with Gasteiger partial charge in [0, 0.05) is 37.6 Å². The quantitative estimate of drug-likeness (QED) is 0.736. The second-order valence-electron chi connectivity index (χ2n) is 4.22. The Bertz CT molecular complexity index is 313. The zero-order chi connectivity index (χ0) is 11.4. The van der Waals surface area contributed by atoms with E-state index in [1.165, 1.54) is 18.4 Å². The van der Waals surface area contributed by atoms with Gasteiger partial charge in [-0.3, -0.25) is 9.88 Å². The largest absolute Gasteiger partial charge is 0.395 e. The second kappa shape index (κ2) is 5.39. The molecule has 1 atom stereocenters. The molecule has 0 aliphatic heterocycles. The van der Waals surface area contributed by atoms with E-state index in [0.717, 1.165) is 0 Å².